The van der Waals surface area contributed by atoms with Gasteiger partial charge in [0.25, 0.3) is 0 Å². The number of para-hydroxylation sites is 1. The van der Waals surface area contributed by atoms with Gasteiger partial charge in [-0.1, -0.05) is 30.3 Å². The van der Waals surface area contributed by atoms with Gasteiger partial charge in [0.05, 0.1) is 16.8 Å². The molecule has 1 amide bonds. The highest BCUT2D eigenvalue weighted by Crippen LogP contribution is 2.23. The molecule has 4 rings (SSSR count). The average molecular weight is 404 g/mol. The minimum absolute atomic E-state index is 0.0189. The summed E-state index contributed by atoms with van der Waals surface area (Å²) >= 11 is 1.55. The van der Waals surface area contributed by atoms with E-state index in [1.165, 1.54) is 0 Å². The van der Waals surface area contributed by atoms with Crippen LogP contribution in [0.1, 0.15) is 24.7 Å². The number of hydrogen-bond donors (Lipinski definition) is 0. The highest BCUT2D eigenvalue weighted by molar-refractivity contribution is 7.19. The van der Waals surface area contributed by atoms with Crippen LogP contribution in [-0.4, -0.2) is 32.0 Å². The zero-order chi connectivity index (χ0) is 20.2. The number of carbonyl (C=O) groups is 1. The molecule has 29 heavy (non-hydrogen) atoms. The van der Waals surface area contributed by atoms with E-state index in [1.807, 2.05) is 68.4 Å². The Morgan fingerprint density at radius 3 is 2.62 bits per heavy atom. The fourth-order valence-corrected chi connectivity index (χ4v) is 3.75. The Labute approximate surface area is 172 Å². The molecule has 0 fully saturated rings. The molecule has 0 N–H and O–H groups in total. The van der Waals surface area contributed by atoms with Gasteiger partial charge < -0.3 is 9.32 Å². The van der Waals surface area contributed by atoms with Gasteiger partial charge >= 0.3 is 0 Å². The molecule has 0 saturated carbocycles. The lowest BCUT2D eigenvalue weighted by atomic mass is 10.2. The second kappa shape index (κ2) is 8.36. The van der Waals surface area contributed by atoms with Crippen molar-refractivity contribution in [3.63, 3.8) is 0 Å². The number of amides is 1. The molecule has 0 aliphatic rings. The minimum atomic E-state index is -0.126. The summed E-state index contributed by atoms with van der Waals surface area (Å²) in [7, 11) is 0. The quantitative estimate of drug-likeness (QED) is 0.432. The smallest absolute Gasteiger partial charge is 0.247 e. The maximum Gasteiger partial charge on any atom is 0.247 e. The van der Waals surface area contributed by atoms with Crippen molar-refractivity contribution in [3.8, 4) is 11.5 Å². The molecule has 0 spiro atoms. The van der Waals surface area contributed by atoms with Gasteiger partial charge in [0, 0.05) is 17.7 Å². The van der Waals surface area contributed by atoms with Crippen molar-refractivity contribution in [1.29, 1.82) is 0 Å². The van der Waals surface area contributed by atoms with Gasteiger partial charge in [0.15, 0.2) is 0 Å². The van der Waals surface area contributed by atoms with Gasteiger partial charge in [-0.3, -0.25) is 4.79 Å². The molecule has 0 atom stereocenters. The SMILES string of the molecule is CC(C)N(Cc1nnc(-c2ccccc2)o1)C(=O)/C=C/c1nc2ccccc2s1. The first-order valence-corrected chi connectivity index (χ1v) is 10.1. The largest absolute Gasteiger partial charge is 0.419 e. The molecule has 0 saturated heterocycles. The number of benzene rings is 2. The number of hydrogen-bond acceptors (Lipinski definition) is 6. The van der Waals surface area contributed by atoms with Crippen LogP contribution < -0.4 is 0 Å². The molecule has 146 valence electrons. The van der Waals surface area contributed by atoms with E-state index >= 15 is 0 Å². The number of carbonyl (C=O) groups excluding carboxylic acids is 1. The molecule has 0 unspecified atom stereocenters. The molecule has 0 aliphatic carbocycles. The summed E-state index contributed by atoms with van der Waals surface area (Å²) in [5.74, 6) is 0.722. The Morgan fingerprint density at radius 1 is 1.10 bits per heavy atom. The van der Waals surface area contributed by atoms with E-state index in [0.717, 1.165) is 20.8 Å². The van der Waals surface area contributed by atoms with E-state index in [-0.39, 0.29) is 18.5 Å². The van der Waals surface area contributed by atoms with E-state index in [0.29, 0.717) is 11.8 Å². The van der Waals surface area contributed by atoms with E-state index in [1.54, 1.807) is 28.4 Å². The summed E-state index contributed by atoms with van der Waals surface area (Å²) < 4.78 is 6.85. The van der Waals surface area contributed by atoms with Crippen molar-refractivity contribution in [2.75, 3.05) is 0 Å². The first-order chi connectivity index (χ1) is 14.1. The van der Waals surface area contributed by atoms with Crippen LogP contribution >= 0.6 is 11.3 Å². The first kappa shape index (κ1) is 19.0. The second-order valence-electron chi connectivity index (χ2n) is 6.78. The molecule has 0 bridgehead atoms. The number of fused-ring (bicyclic) bond motifs is 1. The van der Waals surface area contributed by atoms with Crippen molar-refractivity contribution in [2.24, 2.45) is 0 Å². The van der Waals surface area contributed by atoms with Crippen LogP contribution in [0.25, 0.3) is 27.7 Å². The van der Waals surface area contributed by atoms with E-state index in [4.69, 9.17) is 4.42 Å². The maximum absolute atomic E-state index is 12.8. The molecular weight excluding hydrogens is 384 g/mol. The van der Waals surface area contributed by atoms with Crippen LogP contribution in [0.5, 0.6) is 0 Å². The summed E-state index contributed by atoms with van der Waals surface area (Å²) in [5, 5.41) is 8.99. The van der Waals surface area contributed by atoms with Crippen LogP contribution in [0, 0.1) is 0 Å². The minimum Gasteiger partial charge on any atom is -0.419 e. The van der Waals surface area contributed by atoms with Crippen LogP contribution in [-0.2, 0) is 11.3 Å². The zero-order valence-electron chi connectivity index (χ0n) is 16.1. The summed E-state index contributed by atoms with van der Waals surface area (Å²) in [4.78, 5) is 19.0. The highest BCUT2D eigenvalue weighted by atomic mass is 32.1. The molecule has 7 heteroatoms. The topological polar surface area (TPSA) is 72.1 Å². The summed E-state index contributed by atoms with van der Waals surface area (Å²) in [5.41, 5.74) is 1.79. The lowest BCUT2D eigenvalue weighted by Gasteiger charge is -2.23. The molecule has 0 aliphatic heterocycles. The highest BCUT2D eigenvalue weighted by Gasteiger charge is 2.19. The Kier molecular flexibility index (Phi) is 5.48. The zero-order valence-corrected chi connectivity index (χ0v) is 17.0. The number of thiazole rings is 1. The number of aromatic nitrogens is 3. The molecule has 6 nitrogen and oxygen atoms in total. The van der Waals surface area contributed by atoms with Crippen LogP contribution in [0.4, 0.5) is 0 Å². The predicted octanol–water partition coefficient (Wildman–Crippen LogP) is 4.80. The van der Waals surface area contributed by atoms with Crippen LogP contribution in [0.2, 0.25) is 0 Å². The number of nitrogens with zero attached hydrogens (tertiary/aromatic N) is 4. The van der Waals surface area contributed by atoms with Crippen molar-refractivity contribution >= 4 is 33.5 Å². The molecule has 2 aromatic carbocycles. The van der Waals surface area contributed by atoms with Crippen LogP contribution in [0.15, 0.2) is 65.1 Å². The lowest BCUT2D eigenvalue weighted by molar-refractivity contribution is -0.128. The third-order valence-corrected chi connectivity index (χ3v) is 5.38. The average Bonchev–Trinajstić information content (AvgIpc) is 3.37. The molecule has 4 aromatic rings. The van der Waals surface area contributed by atoms with Crippen molar-refractivity contribution in [1.82, 2.24) is 20.1 Å². The molecular formula is C22H20N4O2S. The third-order valence-electron chi connectivity index (χ3n) is 4.38. The van der Waals surface area contributed by atoms with Crippen molar-refractivity contribution in [3.05, 3.63) is 71.6 Å². The van der Waals surface area contributed by atoms with E-state index in [2.05, 4.69) is 15.2 Å². The van der Waals surface area contributed by atoms with Crippen LogP contribution in [0.3, 0.4) is 0 Å². The maximum atomic E-state index is 12.8. The Hall–Kier alpha value is -3.32. The Morgan fingerprint density at radius 2 is 1.86 bits per heavy atom. The molecule has 2 aromatic heterocycles. The Bertz CT molecular complexity index is 1110. The summed E-state index contributed by atoms with van der Waals surface area (Å²) in [6.07, 6.45) is 3.30. The van der Waals surface area contributed by atoms with Gasteiger partial charge in [0.2, 0.25) is 17.7 Å². The second-order valence-corrected chi connectivity index (χ2v) is 7.84. The van der Waals surface area contributed by atoms with Gasteiger partial charge in [-0.05, 0) is 44.2 Å². The summed E-state index contributed by atoms with van der Waals surface area (Å²) in [6, 6.07) is 17.5. The van der Waals surface area contributed by atoms with Gasteiger partial charge in [0.1, 0.15) is 5.01 Å². The fraction of sp³-hybridized carbons (Fsp3) is 0.182. The van der Waals surface area contributed by atoms with Gasteiger partial charge in [-0.2, -0.15) is 0 Å². The van der Waals surface area contributed by atoms with E-state index < -0.39 is 0 Å². The molecule has 0 radical (unpaired) electrons. The van der Waals surface area contributed by atoms with Gasteiger partial charge in [-0.15, -0.1) is 21.5 Å². The Balaban J connectivity index is 1.48. The monoisotopic (exact) mass is 404 g/mol. The molecule has 2 heterocycles. The normalized spacial score (nSPS) is 11.6. The summed E-state index contributed by atoms with van der Waals surface area (Å²) in [6.45, 7) is 4.16. The van der Waals surface area contributed by atoms with E-state index in [9.17, 15) is 4.79 Å². The van der Waals surface area contributed by atoms with Crippen molar-refractivity contribution < 1.29 is 9.21 Å². The van der Waals surface area contributed by atoms with Gasteiger partial charge in [-0.25, -0.2) is 4.98 Å². The lowest BCUT2D eigenvalue weighted by Crippen LogP contribution is -2.35. The first-order valence-electron chi connectivity index (χ1n) is 9.32. The van der Waals surface area contributed by atoms with Crippen molar-refractivity contribution in [2.45, 2.75) is 26.4 Å². The predicted molar refractivity (Wildman–Crippen MR) is 114 cm³/mol. The third kappa shape index (κ3) is 4.41. The number of rotatable bonds is 6. The fourth-order valence-electron chi connectivity index (χ4n) is 2.88. The standard InChI is InChI=1S/C22H20N4O2S/c1-15(2)26(14-19-24-25-22(28-19)16-8-4-3-5-9-16)21(27)13-12-20-23-17-10-6-7-11-18(17)29-20/h3-13,15H,14H2,1-2H3/b13-12+.